The van der Waals surface area contributed by atoms with Crippen LogP contribution in [0.5, 0.6) is 0 Å². The molecule has 4 nitrogen and oxygen atoms in total. The number of nitrogens with two attached hydrogens (primary N) is 1. The summed E-state index contributed by atoms with van der Waals surface area (Å²) < 4.78 is 5.30. The second-order valence-corrected chi connectivity index (χ2v) is 4.44. The van der Waals surface area contributed by atoms with Crippen LogP contribution in [0.3, 0.4) is 0 Å². The minimum Gasteiger partial charge on any atom is -0.380 e. The highest BCUT2D eigenvalue weighted by Gasteiger charge is 2.22. The Kier molecular flexibility index (Phi) is 6.42. The fraction of sp³-hybridized carbons (Fsp3) is 0.917. The molecule has 1 unspecified atom stereocenters. The summed E-state index contributed by atoms with van der Waals surface area (Å²) >= 11 is 0. The van der Waals surface area contributed by atoms with Crippen molar-refractivity contribution in [3.63, 3.8) is 0 Å². The van der Waals surface area contributed by atoms with Gasteiger partial charge >= 0.3 is 0 Å². The first-order valence-electron chi connectivity index (χ1n) is 6.28. The Labute approximate surface area is 98.1 Å². The standard InChI is InChI=1S/C12H24N2O2/c1-16-11-6-5-9-14(10-11)12(15)7-3-2-4-8-13/h11H,2-10,13H2,1H3. The van der Waals surface area contributed by atoms with Gasteiger partial charge in [0.15, 0.2) is 0 Å². The lowest BCUT2D eigenvalue weighted by Gasteiger charge is -2.32. The Balaban J connectivity index is 2.19. The van der Waals surface area contributed by atoms with E-state index < -0.39 is 0 Å². The Morgan fingerprint density at radius 3 is 2.94 bits per heavy atom. The van der Waals surface area contributed by atoms with Crippen LogP contribution in [0.15, 0.2) is 0 Å². The summed E-state index contributed by atoms with van der Waals surface area (Å²) in [4.78, 5) is 13.8. The predicted molar refractivity (Wildman–Crippen MR) is 64.1 cm³/mol. The topological polar surface area (TPSA) is 55.6 Å². The summed E-state index contributed by atoms with van der Waals surface area (Å²) in [6.07, 6.45) is 6.08. The SMILES string of the molecule is COC1CCCN(C(=O)CCCCCN)C1. The number of piperidine rings is 1. The second kappa shape index (κ2) is 7.63. The highest BCUT2D eigenvalue weighted by Crippen LogP contribution is 2.14. The van der Waals surface area contributed by atoms with E-state index in [1.54, 1.807) is 7.11 Å². The maximum absolute atomic E-state index is 11.9. The molecule has 0 spiro atoms. The summed E-state index contributed by atoms with van der Waals surface area (Å²) in [7, 11) is 1.72. The van der Waals surface area contributed by atoms with Gasteiger partial charge in [-0.25, -0.2) is 0 Å². The van der Waals surface area contributed by atoms with E-state index in [0.717, 1.165) is 51.7 Å². The van der Waals surface area contributed by atoms with E-state index in [9.17, 15) is 4.79 Å². The van der Waals surface area contributed by atoms with E-state index in [-0.39, 0.29) is 12.0 Å². The van der Waals surface area contributed by atoms with Gasteiger partial charge in [-0.15, -0.1) is 0 Å². The second-order valence-electron chi connectivity index (χ2n) is 4.44. The van der Waals surface area contributed by atoms with Crippen LogP contribution in [-0.4, -0.2) is 43.7 Å². The van der Waals surface area contributed by atoms with Gasteiger partial charge in [-0.2, -0.15) is 0 Å². The lowest BCUT2D eigenvalue weighted by molar-refractivity contribution is -0.134. The van der Waals surface area contributed by atoms with Crippen LogP contribution >= 0.6 is 0 Å². The van der Waals surface area contributed by atoms with Crippen LogP contribution in [-0.2, 0) is 9.53 Å². The van der Waals surface area contributed by atoms with Crippen LogP contribution in [0.25, 0.3) is 0 Å². The molecule has 1 rings (SSSR count). The van der Waals surface area contributed by atoms with Crippen molar-refractivity contribution in [1.29, 1.82) is 0 Å². The Bertz CT molecular complexity index is 209. The monoisotopic (exact) mass is 228 g/mol. The summed E-state index contributed by atoms with van der Waals surface area (Å²) in [5, 5.41) is 0. The van der Waals surface area contributed by atoms with Gasteiger partial charge < -0.3 is 15.4 Å². The highest BCUT2D eigenvalue weighted by molar-refractivity contribution is 5.76. The summed E-state index contributed by atoms with van der Waals surface area (Å²) in [5.74, 6) is 0.277. The van der Waals surface area contributed by atoms with Crippen LogP contribution in [0, 0.1) is 0 Å². The molecule has 16 heavy (non-hydrogen) atoms. The molecule has 1 saturated heterocycles. The van der Waals surface area contributed by atoms with Crippen molar-refractivity contribution >= 4 is 5.91 Å². The van der Waals surface area contributed by atoms with Gasteiger partial charge in [0.1, 0.15) is 0 Å². The maximum Gasteiger partial charge on any atom is 0.222 e. The number of amides is 1. The number of rotatable bonds is 6. The number of hydrogen-bond acceptors (Lipinski definition) is 3. The Morgan fingerprint density at radius 2 is 2.25 bits per heavy atom. The molecule has 0 aromatic rings. The molecule has 2 N–H and O–H groups in total. The lowest BCUT2D eigenvalue weighted by atomic mass is 10.1. The van der Waals surface area contributed by atoms with Crippen molar-refractivity contribution in [2.24, 2.45) is 5.73 Å². The van der Waals surface area contributed by atoms with E-state index >= 15 is 0 Å². The van der Waals surface area contributed by atoms with E-state index in [0.29, 0.717) is 6.42 Å². The lowest BCUT2D eigenvalue weighted by Crippen LogP contribution is -2.42. The molecule has 1 amide bonds. The van der Waals surface area contributed by atoms with Crippen molar-refractivity contribution in [2.75, 3.05) is 26.7 Å². The Morgan fingerprint density at radius 1 is 1.44 bits per heavy atom. The minimum absolute atomic E-state index is 0.238. The molecule has 0 saturated carbocycles. The zero-order valence-corrected chi connectivity index (χ0v) is 10.3. The molecule has 1 aliphatic heterocycles. The molecule has 1 fully saturated rings. The molecule has 4 heteroatoms. The van der Waals surface area contributed by atoms with E-state index in [1.807, 2.05) is 4.90 Å². The van der Waals surface area contributed by atoms with Crippen LogP contribution < -0.4 is 5.73 Å². The predicted octanol–water partition coefficient (Wildman–Crippen LogP) is 1.14. The maximum atomic E-state index is 11.9. The first-order chi connectivity index (χ1) is 7.77. The fourth-order valence-corrected chi connectivity index (χ4v) is 2.11. The van der Waals surface area contributed by atoms with Gasteiger partial charge in [0.05, 0.1) is 6.10 Å². The van der Waals surface area contributed by atoms with E-state index in [4.69, 9.17) is 10.5 Å². The Hall–Kier alpha value is -0.610. The largest absolute Gasteiger partial charge is 0.380 e. The van der Waals surface area contributed by atoms with Crippen molar-refractivity contribution in [1.82, 2.24) is 4.90 Å². The molecular formula is C12H24N2O2. The van der Waals surface area contributed by atoms with Crippen LogP contribution in [0.2, 0.25) is 0 Å². The van der Waals surface area contributed by atoms with Crippen molar-refractivity contribution in [2.45, 2.75) is 44.6 Å². The highest BCUT2D eigenvalue weighted by atomic mass is 16.5. The summed E-state index contributed by atoms with van der Waals surface area (Å²) in [6, 6.07) is 0. The molecule has 0 radical (unpaired) electrons. The third-order valence-corrected chi connectivity index (χ3v) is 3.16. The molecule has 1 aliphatic rings. The molecule has 1 heterocycles. The van der Waals surface area contributed by atoms with Crippen molar-refractivity contribution in [3.05, 3.63) is 0 Å². The van der Waals surface area contributed by atoms with Crippen LogP contribution in [0.1, 0.15) is 38.5 Å². The zero-order chi connectivity index (χ0) is 11.8. The number of carbonyl (C=O) groups is 1. The summed E-state index contributed by atoms with van der Waals surface area (Å²) in [6.45, 7) is 2.39. The fourth-order valence-electron chi connectivity index (χ4n) is 2.11. The third kappa shape index (κ3) is 4.49. The number of carbonyl (C=O) groups excluding carboxylic acids is 1. The average Bonchev–Trinajstić information content (AvgIpc) is 2.34. The van der Waals surface area contributed by atoms with Gasteiger partial charge in [-0.3, -0.25) is 4.79 Å². The van der Waals surface area contributed by atoms with Crippen LogP contribution in [0.4, 0.5) is 0 Å². The van der Waals surface area contributed by atoms with Gasteiger partial charge in [0.2, 0.25) is 5.91 Å². The van der Waals surface area contributed by atoms with E-state index in [1.165, 1.54) is 0 Å². The van der Waals surface area contributed by atoms with Crippen molar-refractivity contribution in [3.8, 4) is 0 Å². The molecule has 1 atom stereocenters. The van der Waals surface area contributed by atoms with Gasteiger partial charge in [-0.1, -0.05) is 6.42 Å². The third-order valence-electron chi connectivity index (χ3n) is 3.16. The molecule has 0 aliphatic carbocycles. The van der Waals surface area contributed by atoms with E-state index in [2.05, 4.69) is 0 Å². The number of methoxy groups -OCH3 is 1. The van der Waals surface area contributed by atoms with Gasteiger partial charge in [-0.05, 0) is 32.2 Å². The first kappa shape index (κ1) is 13.5. The molecule has 0 aromatic heterocycles. The van der Waals surface area contributed by atoms with Gasteiger partial charge in [0.25, 0.3) is 0 Å². The normalized spacial score (nSPS) is 21.1. The average molecular weight is 228 g/mol. The summed E-state index contributed by atoms with van der Waals surface area (Å²) in [5.41, 5.74) is 5.41. The van der Waals surface area contributed by atoms with Gasteiger partial charge in [0, 0.05) is 26.6 Å². The number of ether oxygens (including phenoxy) is 1. The van der Waals surface area contributed by atoms with Crippen molar-refractivity contribution < 1.29 is 9.53 Å². The molecular weight excluding hydrogens is 204 g/mol. The minimum atomic E-state index is 0.238. The number of likely N-dealkylation sites (tertiary alicyclic amines) is 1. The number of unbranched alkanes of at least 4 members (excludes halogenated alkanes) is 2. The molecule has 94 valence electrons. The quantitative estimate of drug-likeness (QED) is 0.694. The number of nitrogens with zero attached hydrogens (tertiary/aromatic N) is 1. The first-order valence-corrected chi connectivity index (χ1v) is 6.28. The smallest absolute Gasteiger partial charge is 0.222 e. The number of hydrogen-bond donors (Lipinski definition) is 1. The molecule has 0 bridgehead atoms. The molecule has 0 aromatic carbocycles. The zero-order valence-electron chi connectivity index (χ0n) is 10.3.